The van der Waals surface area contributed by atoms with Gasteiger partial charge in [0, 0.05) is 29.5 Å². The number of anilines is 1. The highest BCUT2D eigenvalue weighted by Gasteiger charge is 2.11. The van der Waals surface area contributed by atoms with E-state index in [1.54, 1.807) is 53.6 Å². The summed E-state index contributed by atoms with van der Waals surface area (Å²) in [6.45, 7) is 0. The Bertz CT molecular complexity index is 954. The van der Waals surface area contributed by atoms with E-state index in [0.717, 1.165) is 10.9 Å². The summed E-state index contributed by atoms with van der Waals surface area (Å²) in [6.07, 6.45) is 6.76. The van der Waals surface area contributed by atoms with Gasteiger partial charge in [0.1, 0.15) is 5.69 Å². The maximum absolute atomic E-state index is 12.3. The van der Waals surface area contributed by atoms with Crippen molar-refractivity contribution >= 4 is 28.1 Å². The van der Waals surface area contributed by atoms with Crippen molar-refractivity contribution < 1.29 is 4.79 Å². The average molecular weight is 278 g/mol. The molecule has 21 heavy (non-hydrogen) atoms. The predicted molar refractivity (Wildman–Crippen MR) is 77.0 cm³/mol. The predicted octanol–water partition coefficient (Wildman–Crippen LogP) is 1.86. The zero-order valence-electron chi connectivity index (χ0n) is 10.8. The van der Waals surface area contributed by atoms with E-state index >= 15 is 0 Å². The SMILES string of the molecule is O=C(Nc1cnn2cccnc12)c1ccc2n[nH]cc2c1. The number of hydrogen-bond acceptors (Lipinski definition) is 4. The first kappa shape index (κ1) is 11.6. The molecule has 0 aliphatic carbocycles. The topological polar surface area (TPSA) is 88.0 Å². The molecular formula is C14H10N6O. The first-order valence-electron chi connectivity index (χ1n) is 6.34. The smallest absolute Gasteiger partial charge is 0.255 e. The number of fused-ring (bicyclic) bond motifs is 2. The number of nitrogens with zero attached hydrogens (tertiary/aromatic N) is 4. The molecule has 1 amide bonds. The van der Waals surface area contributed by atoms with E-state index < -0.39 is 0 Å². The van der Waals surface area contributed by atoms with Gasteiger partial charge in [-0.2, -0.15) is 10.2 Å². The van der Waals surface area contributed by atoms with Crippen molar-refractivity contribution in [2.45, 2.75) is 0 Å². The van der Waals surface area contributed by atoms with Gasteiger partial charge in [-0.3, -0.25) is 9.89 Å². The highest BCUT2D eigenvalue weighted by Crippen LogP contribution is 2.17. The number of carbonyl (C=O) groups excluding carboxylic acids is 1. The van der Waals surface area contributed by atoms with Crippen LogP contribution in [-0.4, -0.2) is 30.7 Å². The van der Waals surface area contributed by atoms with Crippen molar-refractivity contribution in [3.63, 3.8) is 0 Å². The van der Waals surface area contributed by atoms with Crippen molar-refractivity contribution in [1.29, 1.82) is 0 Å². The lowest BCUT2D eigenvalue weighted by Gasteiger charge is -2.03. The van der Waals surface area contributed by atoms with Gasteiger partial charge in [0.05, 0.1) is 11.7 Å². The van der Waals surface area contributed by atoms with Crippen molar-refractivity contribution in [1.82, 2.24) is 24.8 Å². The molecule has 0 fully saturated rings. The summed E-state index contributed by atoms with van der Waals surface area (Å²) in [5.74, 6) is -0.210. The number of carbonyl (C=O) groups is 1. The summed E-state index contributed by atoms with van der Waals surface area (Å²) in [5, 5.41) is 14.7. The van der Waals surface area contributed by atoms with Crippen LogP contribution in [-0.2, 0) is 0 Å². The van der Waals surface area contributed by atoms with Gasteiger partial charge in [0.2, 0.25) is 0 Å². The lowest BCUT2D eigenvalue weighted by Crippen LogP contribution is -2.11. The monoisotopic (exact) mass is 278 g/mol. The summed E-state index contributed by atoms with van der Waals surface area (Å²) >= 11 is 0. The Balaban J connectivity index is 1.68. The Labute approximate surface area is 118 Å². The lowest BCUT2D eigenvalue weighted by molar-refractivity contribution is 0.102. The van der Waals surface area contributed by atoms with Crippen LogP contribution >= 0.6 is 0 Å². The third-order valence-electron chi connectivity index (χ3n) is 3.22. The van der Waals surface area contributed by atoms with Crippen molar-refractivity contribution in [2.75, 3.05) is 5.32 Å². The number of rotatable bonds is 2. The lowest BCUT2D eigenvalue weighted by atomic mass is 10.1. The molecule has 7 heteroatoms. The molecule has 7 nitrogen and oxygen atoms in total. The summed E-state index contributed by atoms with van der Waals surface area (Å²) in [5.41, 5.74) is 2.56. The molecule has 1 aromatic carbocycles. The van der Waals surface area contributed by atoms with Crippen molar-refractivity contribution in [3.8, 4) is 0 Å². The second-order valence-corrected chi connectivity index (χ2v) is 4.56. The summed E-state index contributed by atoms with van der Waals surface area (Å²) in [6, 6.07) is 7.10. The van der Waals surface area contributed by atoms with E-state index in [1.807, 2.05) is 0 Å². The van der Waals surface area contributed by atoms with Gasteiger partial charge in [-0.1, -0.05) is 0 Å². The number of aromatic amines is 1. The van der Waals surface area contributed by atoms with Crippen LogP contribution in [0.25, 0.3) is 16.6 Å². The zero-order chi connectivity index (χ0) is 14.2. The van der Waals surface area contributed by atoms with E-state index in [2.05, 4.69) is 25.6 Å². The van der Waals surface area contributed by atoms with Crippen molar-refractivity contribution in [2.24, 2.45) is 0 Å². The summed E-state index contributed by atoms with van der Waals surface area (Å²) in [4.78, 5) is 16.5. The maximum Gasteiger partial charge on any atom is 0.255 e. The van der Waals surface area contributed by atoms with E-state index in [0.29, 0.717) is 16.9 Å². The number of amides is 1. The quantitative estimate of drug-likeness (QED) is 0.585. The minimum atomic E-state index is -0.210. The Morgan fingerprint density at radius 3 is 3.24 bits per heavy atom. The van der Waals surface area contributed by atoms with Gasteiger partial charge >= 0.3 is 0 Å². The molecule has 0 unspecified atom stereocenters. The van der Waals surface area contributed by atoms with Gasteiger partial charge in [-0.25, -0.2) is 9.50 Å². The maximum atomic E-state index is 12.3. The van der Waals surface area contributed by atoms with Crippen LogP contribution in [0.5, 0.6) is 0 Å². The average Bonchev–Trinajstić information content (AvgIpc) is 3.13. The Morgan fingerprint density at radius 2 is 2.29 bits per heavy atom. The molecule has 102 valence electrons. The highest BCUT2D eigenvalue weighted by atomic mass is 16.1. The van der Waals surface area contributed by atoms with E-state index in [9.17, 15) is 4.79 Å². The van der Waals surface area contributed by atoms with Crippen LogP contribution in [0.3, 0.4) is 0 Å². The fourth-order valence-electron chi connectivity index (χ4n) is 2.19. The molecule has 0 radical (unpaired) electrons. The van der Waals surface area contributed by atoms with Crippen LogP contribution < -0.4 is 5.32 Å². The van der Waals surface area contributed by atoms with Crippen LogP contribution in [0.1, 0.15) is 10.4 Å². The summed E-state index contributed by atoms with van der Waals surface area (Å²) in [7, 11) is 0. The van der Waals surface area contributed by atoms with Gasteiger partial charge in [0.15, 0.2) is 5.65 Å². The third kappa shape index (κ3) is 1.91. The van der Waals surface area contributed by atoms with Gasteiger partial charge < -0.3 is 5.32 Å². The van der Waals surface area contributed by atoms with E-state index in [1.165, 1.54) is 0 Å². The normalized spacial score (nSPS) is 11.0. The molecule has 0 aliphatic rings. The molecule has 0 saturated carbocycles. The van der Waals surface area contributed by atoms with Gasteiger partial charge in [0.25, 0.3) is 5.91 Å². The second kappa shape index (κ2) is 4.41. The molecule has 0 spiro atoms. The molecule has 0 saturated heterocycles. The van der Waals surface area contributed by atoms with Gasteiger partial charge in [-0.05, 0) is 24.3 Å². The third-order valence-corrected chi connectivity index (χ3v) is 3.22. The number of H-pyrrole nitrogens is 1. The molecular weight excluding hydrogens is 268 g/mol. The highest BCUT2D eigenvalue weighted by molar-refractivity contribution is 6.07. The van der Waals surface area contributed by atoms with Crippen molar-refractivity contribution in [3.05, 3.63) is 54.6 Å². The molecule has 3 heterocycles. The van der Waals surface area contributed by atoms with E-state index in [-0.39, 0.29) is 5.91 Å². The standard InChI is InChI=1S/C14H10N6O/c21-14(9-2-3-11-10(6-9)7-16-19-11)18-12-8-17-20-5-1-4-15-13(12)20/h1-8H,(H,16,19)(H,18,21). The molecule has 4 rings (SSSR count). The number of hydrogen-bond donors (Lipinski definition) is 2. The minimum absolute atomic E-state index is 0.210. The largest absolute Gasteiger partial charge is 0.317 e. The Morgan fingerprint density at radius 1 is 1.33 bits per heavy atom. The van der Waals surface area contributed by atoms with Gasteiger partial charge in [-0.15, -0.1) is 0 Å². The van der Waals surface area contributed by atoms with Crippen LogP contribution in [0, 0.1) is 0 Å². The zero-order valence-corrected chi connectivity index (χ0v) is 10.8. The Kier molecular flexibility index (Phi) is 2.43. The first-order valence-corrected chi connectivity index (χ1v) is 6.34. The van der Waals surface area contributed by atoms with Crippen LogP contribution in [0.2, 0.25) is 0 Å². The fraction of sp³-hybridized carbons (Fsp3) is 0. The molecule has 0 atom stereocenters. The first-order chi connectivity index (χ1) is 10.3. The second-order valence-electron chi connectivity index (χ2n) is 4.56. The Hall–Kier alpha value is -3.22. The van der Waals surface area contributed by atoms with Crippen LogP contribution in [0.15, 0.2) is 49.1 Å². The number of aromatic nitrogens is 5. The molecule has 2 N–H and O–H groups in total. The molecule has 3 aromatic heterocycles. The van der Waals surface area contributed by atoms with Crippen LogP contribution in [0.4, 0.5) is 5.69 Å². The number of benzene rings is 1. The summed E-state index contributed by atoms with van der Waals surface area (Å²) < 4.78 is 1.61. The molecule has 4 aromatic rings. The molecule has 0 bridgehead atoms. The minimum Gasteiger partial charge on any atom is -0.317 e. The van der Waals surface area contributed by atoms with E-state index in [4.69, 9.17) is 0 Å². The fourth-order valence-corrected chi connectivity index (χ4v) is 2.19. The number of nitrogens with one attached hydrogen (secondary N) is 2. The molecule has 0 aliphatic heterocycles.